The fraction of sp³-hybridized carbons (Fsp3) is 0.304. The van der Waals surface area contributed by atoms with E-state index in [1.165, 1.54) is 21.1 Å². The smallest absolute Gasteiger partial charge is 0.267 e. The van der Waals surface area contributed by atoms with Crippen molar-refractivity contribution in [3.05, 3.63) is 68.9 Å². The van der Waals surface area contributed by atoms with Gasteiger partial charge in [0.15, 0.2) is 0 Å². The number of nitrogens with one attached hydrogen (secondary N) is 1. The number of aryl methyl sites for hydroxylation is 1. The molecule has 2 aliphatic heterocycles. The Balaban J connectivity index is 1.52. The highest BCUT2D eigenvalue weighted by atomic mass is 32.2. The molecule has 1 unspecified atom stereocenters. The first-order valence-electron chi connectivity index (χ1n) is 10.7. The first-order chi connectivity index (χ1) is 16.0. The number of carbonyl (C=O) groups is 1. The summed E-state index contributed by atoms with van der Waals surface area (Å²) in [5.74, 6) is 0.797. The number of furan rings is 1. The van der Waals surface area contributed by atoms with Gasteiger partial charge in [-0.1, -0.05) is 30.0 Å². The molecular weight excluding hydrogens is 460 g/mol. The Morgan fingerprint density at radius 2 is 2.21 bits per heavy atom. The number of aromatic nitrogens is 2. The number of fused-ring (bicyclic) bond motifs is 1. The minimum atomic E-state index is -0.264. The van der Waals surface area contributed by atoms with Crippen LogP contribution in [0.5, 0.6) is 0 Å². The van der Waals surface area contributed by atoms with Crippen LogP contribution < -0.4 is 10.9 Å². The highest BCUT2D eigenvalue weighted by Crippen LogP contribution is 2.34. The van der Waals surface area contributed by atoms with E-state index >= 15 is 0 Å². The second-order valence-electron chi connectivity index (χ2n) is 7.98. The second-order valence-corrected chi connectivity index (χ2v) is 9.65. The van der Waals surface area contributed by atoms with Crippen molar-refractivity contribution in [2.75, 3.05) is 18.5 Å². The predicted octanol–water partition coefficient (Wildman–Crippen LogP) is 3.59. The Labute approximate surface area is 199 Å². The molecule has 8 nitrogen and oxygen atoms in total. The molecular formula is C23H22N4O4S2. The molecule has 0 saturated carbocycles. The van der Waals surface area contributed by atoms with E-state index in [-0.39, 0.29) is 24.1 Å². The molecule has 33 heavy (non-hydrogen) atoms. The summed E-state index contributed by atoms with van der Waals surface area (Å²) >= 11 is 6.59. The first-order valence-corrected chi connectivity index (χ1v) is 11.9. The Morgan fingerprint density at radius 3 is 2.97 bits per heavy atom. The number of ether oxygens (including phenoxy) is 1. The van der Waals surface area contributed by atoms with Gasteiger partial charge in [0.2, 0.25) is 0 Å². The lowest BCUT2D eigenvalue weighted by molar-refractivity contribution is -0.122. The molecule has 170 valence electrons. The van der Waals surface area contributed by atoms with Crippen molar-refractivity contribution < 1.29 is 13.9 Å². The van der Waals surface area contributed by atoms with E-state index in [4.69, 9.17) is 21.4 Å². The molecule has 3 aromatic rings. The third-order valence-corrected chi connectivity index (χ3v) is 6.95. The third-order valence-electron chi connectivity index (χ3n) is 5.57. The number of amides is 1. The molecule has 0 aromatic carbocycles. The molecule has 1 N–H and O–H groups in total. The van der Waals surface area contributed by atoms with Gasteiger partial charge in [0.25, 0.3) is 11.5 Å². The largest absolute Gasteiger partial charge is 0.467 e. The Morgan fingerprint density at radius 1 is 1.33 bits per heavy atom. The van der Waals surface area contributed by atoms with Gasteiger partial charge < -0.3 is 14.5 Å². The zero-order valence-corrected chi connectivity index (χ0v) is 19.6. The summed E-state index contributed by atoms with van der Waals surface area (Å²) in [5, 5.41) is 3.27. The zero-order chi connectivity index (χ0) is 22.9. The zero-order valence-electron chi connectivity index (χ0n) is 17.9. The molecule has 5 rings (SSSR count). The number of pyridine rings is 1. The number of hydrogen-bond acceptors (Lipinski definition) is 8. The molecule has 10 heteroatoms. The molecule has 0 aliphatic carbocycles. The number of carbonyl (C=O) groups excluding carboxylic acids is 1. The maximum Gasteiger partial charge on any atom is 0.267 e. The Kier molecular flexibility index (Phi) is 6.05. The van der Waals surface area contributed by atoms with E-state index in [9.17, 15) is 9.59 Å². The van der Waals surface area contributed by atoms with E-state index in [0.29, 0.717) is 38.6 Å². The molecule has 3 aromatic heterocycles. The minimum Gasteiger partial charge on any atom is -0.467 e. The van der Waals surface area contributed by atoms with E-state index in [0.717, 1.165) is 25.0 Å². The Bertz CT molecular complexity index is 1310. The maximum atomic E-state index is 13.4. The molecule has 2 aliphatic rings. The van der Waals surface area contributed by atoms with Gasteiger partial charge in [0.05, 0.1) is 29.4 Å². The number of thiocarbonyl (C=S) groups is 1. The molecule has 0 bridgehead atoms. The molecule has 5 heterocycles. The van der Waals surface area contributed by atoms with Crippen LogP contribution >= 0.6 is 24.0 Å². The average molecular weight is 483 g/mol. The van der Waals surface area contributed by atoms with Crippen LogP contribution in [0.25, 0.3) is 11.7 Å². The van der Waals surface area contributed by atoms with Crippen molar-refractivity contribution in [1.29, 1.82) is 0 Å². The van der Waals surface area contributed by atoms with Crippen LogP contribution in [0.2, 0.25) is 0 Å². The van der Waals surface area contributed by atoms with Crippen LogP contribution in [-0.4, -0.2) is 43.8 Å². The summed E-state index contributed by atoms with van der Waals surface area (Å²) in [5.41, 5.74) is 1.52. The molecule has 2 fully saturated rings. The van der Waals surface area contributed by atoms with E-state index < -0.39 is 0 Å². The number of rotatable bonds is 6. The lowest BCUT2D eigenvalue weighted by Crippen LogP contribution is -2.27. The number of nitrogens with zero attached hydrogens (tertiary/aromatic N) is 3. The van der Waals surface area contributed by atoms with Crippen LogP contribution in [0, 0.1) is 6.92 Å². The summed E-state index contributed by atoms with van der Waals surface area (Å²) in [4.78, 5) is 33.0. The van der Waals surface area contributed by atoms with Crippen LogP contribution in [-0.2, 0) is 16.1 Å². The lowest BCUT2D eigenvalue weighted by atomic mass is 10.2. The van der Waals surface area contributed by atoms with E-state index in [2.05, 4.69) is 10.3 Å². The fourth-order valence-electron chi connectivity index (χ4n) is 3.87. The van der Waals surface area contributed by atoms with Crippen LogP contribution in [0.4, 0.5) is 5.82 Å². The van der Waals surface area contributed by atoms with Crippen LogP contribution in [0.3, 0.4) is 0 Å². The average Bonchev–Trinajstić information content (AvgIpc) is 3.55. The van der Waals surface area contributed by atoms with Gasteiger partial charge in [-0.05, 0) is 49.6 Å². The third kappa shape index (κ3) is 4.46. The van der Waals surface area contributed by atoms with Crippen molar-refractivity contribution in [2.45, 2.75) is 32.4 Å². The van der Waals surface area contributed by atoms with Crippen molar-refractivity contribution in [1.82, 2.24) is 14.3 Å². The van der Waals surface area contributed by atoms with Crippen molar-refractivity contribution >= 4 is 51.7 Å². The van der Waals surface area contributed by atoms with Crippen LogP contribution in [0.1, 0.15) is 29.7 Å². The first kappa shape index (κ1) is 21.9. The lowest BCUT2D eigenvalue weighted by Gasteiger charge is -2.14. The molecule has 2 saturated heterocycles. The standard InChI is InChI=1S/C23H22N4O4S2/c1-14-6-7-19-25-20(24-11-15-4-2-8-30-15)17(21(28)26(19)12-14)10-18-22(29)27(23(32)33-18)13-16-5-3-9-31-16/h3,5-7,9-10,12,15,24H,2,4,8,11,13H2,1H3/b18-10+. The quantitative estimate of drug-likeness (QED) is 0.421. The van der Waals surface area contributed by atoms with Crippen molar-refractivity contribution in [3.8, 4) is 0 Å². The van der Waals surface area contributed by atoms with Gasteiger partial charge in [0.1, 0.15) is 21.5 Å². The summed E-state index contributed by atoms with van der Waals surface area (Å²) < 4.78 is 13.0. The minimum absolute atomic E-state index is 0.0719. The summed E-state index contributed by atoms with van der Waals surface area (Å²) in [6.07, 6.45) is 6.93. The number of thioether (sulfide) groups is 1. The summed E-state index contributed by atoms with van der Waals surface area (Å²) in [6.45, 7) is 3.43. The molecule has 0 spiro atoms. The summed E-state index contributed by atoms with van der Waals surface area (Å²) in [7, 11) is 0. The van der Waals surface area contributed by atoms with E-state index in [1.54, 1.807) is 36.7 Å². The number of hydrogen-bond donors (Lipinski definition) is 1. The van der Waals surface area contributed by atoms with Gasteiger partial charge in [0, 0.05) is 19.3 Å². The molecule has 1 amide bonds. The highest BCUT2D eigenvalue weighted by Gasteiger charge is 2.33. The Hall–Kier alpha value is -2.95. The van der Waals surface area contributed by atoms with Crippen LogP contribution in [0.15, 0.2) is 50.8 Å². The predicted molar refractivity (Wildman–Crippen MR) is 131 cm³/mol. The van der Waals surface area contributed by atoms with Gasteiger partial charge >= 0.3 is 0 Å². The molecule has 1 atom stereocenters. The van der Waals surface area contributed by atoms with Gasteiger partial charge in [-0.25, -0.2) is 4.98 Å². The van der Waals surface area contributed by atoms with Gasteiger partial charge in [-0.15, -0.1) is 0 Å². The second kappa shape index (κ2) is 9.12. The van der Waals surface area contributed by atoms with Gasteiger partial charge in [-0.2, -0.15) is 0 Å². The normalized spacial score (nSPS) is 19.8. The van der Waals surface area contributed by atoms with Crippen molar-refractivity contribution in [3.63, 3.8) is 0 Å². The highest BCUT2D eigenvalue weighted by molar-refractivity contribution is 8.26. The number of anilines is 1. The SMILES string of the molecule is Cc1ccc2nc(NCC3CCCO3)c(/C=C3/SC(=S)N(Cc4ccco4)C3=O)c(=O)n2c1. The van der Waals surface area contributed by atoms with Crippen molar-refractivity contribution in [2.24, 2.45) is 0 Å². The molecule has 0 radical (unpaired) electrons. The summed E-state index contributed by atoms with van der Waals surface area (Å²) in [6, 6.07) is 7.27. The van der Waals surface area contributed by atoms with E-state index in [1.807, 2.05) is 13.0 Å². The maximum absolute atomic E-state index is 13.4. The monoisotopic (exact) mass is 482 g/mol. The van der Waals surface area contributed by atoms with Gasteiger partial charge in [-0.3, -0.25) is 18.9 Å². The topological polar surface area (TPSA) is 89.1 Å². The fourth-order valence-corrected chi connectivity index (χ4v) is 5.10.